The molecule has 0 aliphatic carbocycles. The highest BCUT2D eigenvalue weighted by Crippen LogP contribution is 2.11. The first-order valence-electron chi connectivity index (χ1n) is 7.85. The summed E-state index contributed by atoms with van der Waals surface area (Å²) in [6.45, 7) is 3.64. The maximum absolute atomic E-state index is 13.0. The predicted molar refractivity (Wildman–Crippen MR) is 93.1 cm³/mol. The average Bonchev–Trinajstić information content (AvgIpc) is 2.53. The van der Waals surface area contributed by atoms with Crippen LogP contribution in [0.1, 0.15) is 38.2 Å². The van der Waals surface area contributed by atoms with E-state index in [1.807, 2.05) is 4.90 Å². The Labute approximate surface area is 144 Å². The summed E-state index contributed by atoms with van der Waals surface area (Å²) in [5.74, 6) is -0.243. The molecule has 1 amide bonds. The van der Waals surface area contributed by atoms with E-state index >= 15 is 0 Å². The van der Waals surface area contributed by atoms with Crippen molar-refractivity contribution < 1.29 is 13.9 Å². The number of unbranched alkanes of at least 4 members (excludes halogenated alkanes) is 2. The smallest absolute Gasteiger partial charge is 0.225 e. The molecule has 0 heterocycles. The van der Waals surface area contributed by atoms with Crippen LogP contribution < -0.4 is 5.73 Å². The topological polar surface area (TPSA) is 55.6 Å². The van der Waals surface area contributed by atoms with Crippen molar-refractivity contribution in [2.75, 3.05) is 20.2 Å². The van der Waals surface area contributed by atoms with Crippen molar-refractivity contribution in [2.45, 2.75) is 45.3 Å². The summed E-state index contributed by atoms with van der Waals surface area (Å²) in [4.78, 5) is 14.3. The zero-order valence-corrected chi connectivity index (χ0v) is 14.8. The number of nitrogens with two attached hydrogens (primary N) is 1. The molecule has 0 aromatic heterocycles. The molecule has 1 rings (SSSR count). The maximum Gasteiger partial charge on any atom is 0.225 e. The Morgan fingerprint density at radius 2 is 1.96 bits per heavy atom. The fraction of sp³-hybridized carbons (Fsp3) is 0.588. The van der Waals surface area contributed by atoms with Gasteiger partial charge in [-0.15, -0.1) is 12.4 Å². The first kappa shape index (κ1) is 21.8. The second-order valence-corrected chi connectivity index (χ2v) is 5.45. The Bertz CT molecular complexity index is 439. The van der Waals surface area contributed by atoms with Crippen molar-refractivity contribution in [1.29, 1.82) is 0 Å². The molecule has 1 atom stereocenters. The molecule has 0 radical (unpaired) electrons. The molecule has 23 heavy (non-hydrogen) atoms. The number of hydrogen-bond acceptors (Lipinski definition) is 3. The van der Waals surface area contributed by atoms with Gasteiger partial charge in [0.25, 0.3) is 0 Å². The van der Waals surface area contributed by atoms with Gasteiger partial charge in [-0.2, -0.15) is 0 Å². The van der Waals surface area contributed by atoms with Gasteiger partial charge in [0, 0.05) is 26.7 Å². The van der Waals surface area contributed by atoms with E-state index in [0.717, 1.165) is 24.8 Å². The summed E-state index contributed by atoms with van der Waals surface area (Å²) in [5.41, 5.74) is 6.51. The number of nitrogens with zero attached hydrogens (tertiary/aromatic N) is 1. The van der Waals surface area contributed by atoms with Crippen molar-refractivity contribution >= 4 is 18.3 Å². The lowest BCUT2D eigenvalue weighted by molar-refractivity contribution is -0.134. The summed E-state index contributed by atoms with van der Waals surface area (Å²) in [7, 11) is 1.56. The van der Waals surface area contributed by atoms with Gasteiger partial charge >= 0.3 is 0 Å². The number of amides is 1. The number of ether oxygens (including phenoxy) is 1. The van der Waals surface area contributed by atoms with Gasteiger partial charge in [0.2, 0.25) is 5.91 Å². The van der Waals surface area contributed by atoms with E-state index in [9.17, 15) is 9.18 Å². The van der Waals surface area contributed by atoms with Gasteiger partial charge < -0.3 is 15.4 Å². The minimum absolute atomic E-state index is 0. The first-order chi connectivity index (χ1) is 10.6. The Balaban J connectivity index is 0.00000484. The van der Waals surface area contributed by atoms with Crippen molar-refractivity contribution in [2.24, 2.45) is 5.73 Å². The molecule has 0 bridgehead atoms. The highest BCUT2D eigenvalue weighted by atomic mass is 35.5. The average molecular weight is 347 g/mol. The molecule has 0 saturated carbocycles. The molecular weight excluding hydrogens is 319 g/mol. The summed E-state index contributed by atoms with van der Waals surface area (Å²) < 4.78 is 18.2. The zero-order chi connectivity index (χ0) is 16.4. The molecule has 132 valence electrons. The van der Waals surface area contributed by atoms with E-state index < -0.39 is 0 Å². The predicted octanol–water partition coefficient (Wildman–Crippen LogP) is 3.13. The van der Waals surface area contributed by atoms with Crippen molar-refractivity contribution in [3.05, 3.63) is 35.6 Å². The fourth-order valence-electron chi connectivity index (χ4n) is 2.24. The standard InChI is InChI=1S/C17H27FN2O2.ClH/c1-3-4-5-10-20(17(21)11-16(12-19)22-2)13-14-6-8-15(18)9-7-14;/h6-9,16H,3-5,10-13,19H2,1-2H3;1H. The van der Waals surface area contributed by atoms with Gasteiger partial charge in [-0.05, 0) is 24.1 Å². The van der Waals surface area contributed by atoms with Crippen molar-refractivity contribution in [3.63, 3.8) is 0 Å². The van der Waals surface area contributed by atoms with Gasteiger partial charge in [-0.3, -0.25) is 4.79 Å². The molecule has 0 fully saturated rings. The number of halogens is 2. The molecule has 6 heteroatoms. The van der Waals surface area contributed by atoms with Crippen LogP contribution in [-0.2, 0) is 16.1 Å². The molecule has 1 aromatic rings. The highest BCUT2D eigenvalue weighted by molar-refractivity contribution is 5.85. The number of hydrogen-bond donors (Lipinski definition) is 1. The van der Waals surface area contributed by atoms with Crippen LogP contribution in [-0.4, -0.2) is 37.1 Å². The van der Waals surface area contributed by atoms with Crippen LogP contribution in [0.2, 0.25) is 0 Å². The van der Waals surface area contributed by atoms with Crippen LogP contribution in [0.4, 0.5) is 4.39 Å². The fourth-order valence-corrected chi connectivity index (χ4v) is 2.24. The minimum Gasteiger partial charge on any atom is -0.380 e. The number of carbonyl (C=O) groups excluding carboxylic acids is 1. The summed E-state index contributed by atoms with van der Waals surface area (Å²) in [6.07, 6.45) is 3.17. The van der Waals surface area contributed by atoms with Crippen LogP contribution in [0.3, 0.4) is 0 Å². The Kier molecular flexibility index (Phi) is 11.7. The highest BCUT2D eigenvalue weighted by Gasteiger charge is 2.18. The lowest BCUT2D eigenvalue weighted by atomic mass is 10.1. The van der Waals surface area contributed by atoms with Crippen LogP contribution in [0.5, 0.6) is 0 Å². The van der Waals surface area contributed by atoms with E-state index in [1.54, 1.807) is 19.2 Å². The lowest BCUT2D eigenvalue weighted by Gasteiger charge is -2.25. The number of benzene rings is 1. The summed E-state index contributed by atoms with van der Waals surface area (Å²) >= 11 is 0. The normalized spacial score (nSPS) is 11.7. The number of methoxy groups -OCH3 is 1. The molecule has 0 saturated heterocycles. The van der Waals surface area contributed by atoms with Gasteiger partial charge in [0.05, 0.1) is 12.5 Å². The van der Waals surface area contributed by atoms with Gasteiger partial charge in [0.1, 0.15) is 5.82 Å². The monoisotopic (exact) mass is 346 g/mol. The van der Waals surface area contributed by atoms with Gasteiger partial charge in [-0.25, -0.2) is 4.39 Å². The second kappa shape index (κ2) is 12.3. The van der Waals surface area contributed by atoms with E-state index in [0.29, 0.717) is 19.6 Å². The van der Waals surface area contributed by atoms with E-state index in [-0.39, 0.29) is 36.7 Å². The quantitative estimate of drug-likeness (QED) is 0.662. The van der Waals surface area contributed by atoms with Crippen LogP contribution >= 0.6 is 12.4 Å². The number of rotatable bonds is 10. The molecule has 1 unspecified atom stereocenters. The van der Waals surface area contributed by atoms with E-state index in [2.05, 4.69) is 6.92 Å². The maximum atomic E-state index is 13.0. The first-order valence-corrected chi connectivity index (χ1v) is 7.85. The molecular formula is C17H28ClFN2O2. The third-order valence-electron chi connectivity index (χ3n) is 3.67. The lowest BCUT2D eigenvalue weighted by Crippen LogP contribution is -2.36. The Morgan fingerprint density at radius 3 is 2.48 bits per heavy atom. The Morgan fingerprint density at radius 1 is 1.30 bits per heavy atom. The molecule has 2 N–H and O–H groups in total. The largest absolute Gasteiger partial charge is 0.380 e. The van der Waals surface area contributed by atoms with E-state index in [1.165, 1.54) is 12.1 Å². The Hall–Kier alpha value is -1.17. The van der Waals surface area contributed by atoms with Crippen molar-refractivity contribution in [3.8, 4) is 0 Å². The third kappa shape index (κ3) is 8.30. The van der Waals surface area contributed by atoms with E-state index in [4.69, 9.17) is 10.5 Å². The second-order valence-electron chi connectivity index (χ2n) is 5.45. The van der Waals surface area contributed by atoms with Crippen molar-refractivity contribution in [1.82, 2.24) is 4.90 Å². The van der Waals surface area contributed by atoms with Gasteiger partial charge in [-0.1, -0.05) is 31.9 Å². The molecule has 0 aliphatic heterocycles. The van der Waals surface area contributed by atoms with Crippen LogP contribution in [0.25, 0.3) is 0 Å². The molecule has 4 nitrogen and oxygen atoms in total. The molecule has 0 spiro atoms. The SMILES string of the molecule is CCCCCN(Cc1ccc(F)cc1)C(=O)CC(CN)OC.Cl. The summed E-state index contributed by atoms with van der Waals surface area (Å²) in [6, 6.07) is 6.27. The zero-order valence-electron chi connectivity index (χ0n) is 14.0. The van der Waals surface area contributed by atoms with Crippen LogP contribution in [0, 0.1) is 5.82 Å². The molecule has 1 aromatic carbocycles. The minimum atomic E-state index is -0.268. The van der Waals surface area contributed by atoms with Crippen LogP contribution in [0.15, 0.2) is 24.3 Å². The molecule has 0 aliphatic rings. The number of carbonyl (C=O) groups is 1. The third-order valence-corrected chi connectivity index (χ3v) is 3.67. The van der Waals surface area contributed by atoms with Gasteiger partial charge in [0.15, 0.2) is 0 Å². The summed E-state index contributed by atoms with van der Waals surface area (Å²) in [5, 5.41) is 0.